The summed E-state index contributed by atoms with van der Waals surface area (Å²) in [5.41, 5.74) is 0. The Balaban J connectivity index is 3.00. The minimum atomic E-state index is 1.25. The highest BCUT2D eigenvalue weighted by atomic mass is 31.1. The lowest BCUT2D eigenvalue weighted by molar-refractivity contribution is 0.531. The molecule has 224 valence electrons. The Morgan fingerprint density at radius 3 is 0.568 bits per heavy atom. The van der Waals surface area contributed by atoms with Gasteiger partial charge in [-0.05, 0) is 25.2 Å². The smallest absolute Gasteiger partial charge is 0.0353 e. The van der Waals surface area contributed by atoms with Crippen molar-refractivity contribution in [1.29, 1.82) is 0 Å². The van der Waals surface area contributed by atoms with E-state index in [-0.39, 0.29) is 0 Å². The maximum Gasteiger partial charge on any atom is -0.0353 e. The fraction of sp³-hybridized carbons (Fsp3) is 1.00. The summed E-state index contributed by atoms with van der Waals surface area (Å²) >= 11 is 0. The molecule has 1 heteroatoms. The number of hydrogen-bond acceptors (Lipinski definition) is 0. The first-order chi connectivity index (χ1) is 18.4. The van der Waals surface area contributed by atoms with E-state index in [9.17, 15) is 0 Å². The van der Waals surface area contributed by atoms with E-state index in [4.69, 9.17) is 0 Å². The van der Waals surface area contributed by atoms with Crippen LogP contribution in [-0.2, 0) is 0 Å². The summed E-state index contributed by atoms with van der Waals surface area (Å²) in [4.78, 5) is 0. The van der Waals surface area contributed by atoms with Gasteiger partial charge in [0.1, 0.15) is 0 Å². The zero-order chi connectivity index (χ0) is 26.7. The van der Waals surface area contributed by atoms with E-state index in [0.29, 0.717) is 0 Å². The van der Waals surface area contributed by atoms with E-state index < -0.39 is 0 Å². The lowest BCUT2D eigenvalue weighted by atomic mass is 10.0. The van der Waals surface area contributed by atoms with Crippen molar-refractivity contribution in [2.75, 3.05) is 12.3 Å². The van der Waals surface area contributed by atoms with Crippen molar-refractivity contribution in [3.63, 3.8) is 0 Å². The largest absolute Gasteiger partial charge is 0.122 e. The van der Waals surface area contributed by atoms with Gasteiger partial charge in [-0.1, -0.05) is 206 Å². The van der Waals surface area contributed by atoms with Crippen LogP contribution in [0.5, 0.6) is 0 Å². The predicted octanol–water partition coefficient (Wildman–Crippen LogP) is 14.2. The van der Waals surface area contributed by atoms with Crippen molar-refractivity contribution >= 4 is 8.58 Å². The van der Waals surface area contributed by atoms with Crippen molar-refractivity contribution in [3.05, 3.63) is 0 Å². The third-order valence-electron chi connectivity index (χ3n) is 8.41. The normalized spacial score (nSPS) is 11.5. The Morgan fingerprint density at radius 1 is 0.216 bits per heavy atom. The van der Waals surface area contributed by atoms with Crippen molar-refractivity contribution < 1.29 is 0 Å². The van der Waals surface area contributed by atoms with Crippen molar-refractivity contribution in [2.24, 2.45) is 0 Å². The number of rotatable bonds is 34. The molecule has 0 aromatic rings. The fourth-order valence-corrected chi connectivity index (χ4v) is 6.97. The molecule has 0 N–H and O–H groups in total. The maximum atomic E-state index is 2.31. The van der Waals surface area contributed by atoms with Crippen LogP contribution in [0.25, 0.3) is 0 Å². The Kier molecular flexibility index (Phi) is 36.9. The highest BCUT2D eigenvalue weighted by molar-refractivity contribution is 7.37. The number of hydrogen-bond donors (Lipinski definition) is 0. The average molecular weight is 539 g/mol. The molecule has 0 radical (unpaired) electrons. The van der Waals surface area contributed by atoms with Crippen LogP contribution in [0, 0.1) is 0 Å². The fourth-order valence-electron chi connectivity index (χ4n) is 5.72. The molecule has 0 aromatic carbocycles. The summed E-state index contributed by atoms with van der Waals surface area (Å²) in [5, 5.41) is 0. The summed E-state index contributed by atoms with van der Waals surface area (Å²) in [5.74, 6) is 0. The van der Waals surface area contributed by atoms with Gasteiger partial charge in [-0.2, -0.15) is 0 Å². The van der Waals surface area contributed by atoms with Gasteiger partial charge in [0.15, 0.2) is 0 Å². The first-order valence-electron chi connectivity index (χ1n) is 18.1. The van der Waals surface area contributed by atoms with E-state index in [2.05, 4.69) is 13.8 Å². The lowest BCUT2D eigenvalue weighted by Gasteiger charge is -2.05. The van der Waals surface area contributed by atoms with Crippen LogP contribution in [0.3, 0.4) is 0 Å². The molecule has 0 atom stereocenters. The van der Waals surface area contributed by atoms with Crippen LogP contribution in [0.15, 0.2) is 0 Å². The van der Waals surface area contributed by atoms with Crippen LogP contribution in [-0.4, -0.2) is 12.3 Å². The minimum absolute atomic E-state index is 1.25. The minimum Gasteiger partial charge on any atom is -0.122 e. The Bertz CT molecular complexity index is 332. The van der Waals surface area contributed by atoms with Gasteiger partial charge in [0, 0.05) is 0 Å². The molecule has 0 aromatic heterocycles. The summed E-state index contributed by atoms with van der Waals surface area (Å²) in [6.07, 6.45) is 50.5. The van der Waals surface area contributed by atoms with Gasteiger partial charge in [-0.25, -0.2) is 0 Å². The second kappa shape index (κ2) is 36.4. The molecule has 0 aliphatic heterocycles. The summed E-state index contributed by atoms with van der Waals surface area (Å²) in [6.45, 7) is 4.62. The zero-order valence-corrected chi connectivity index (χ0v) is 27.5. The van der Waals surface area contributed by atoms with Crippen LogP contribution >= 0.6 is 8.58 Å². The van der Waals surface area contributed by atoms with Crippen molar-refractivity contribution in [2.45, 2.75) is 219 Å². The molecule has 0 spiro atoms. The monoisotopic (exact) mass is 539 g/mol. The van der Waals surface area contributed by atoms with Gasteiger partial charge in [0.25, 0.3) is 0 Å². The van der Waals surface area contributed by atoms with Gasteiger partial charge >= 0.3 is 0 Å². The molecule has 0 saturated heterocycles. The lowest BCUT2D eigenvalue weighted by Crippen LogP contribution is -1.86. The molecule has 0 fully saturated rings. The standard InChI is InChI=1S/C36H75P/c1-3-5-7-9-11-13-15-17-19-21-23-25-27-29-31-33-35-37-36-34-32-30-28-26-24-22-20-18-16-14-12-10-8-6-4-2/h37H,3-36H2,1-2H3. The number of unbranched alkanes of at least 4 members (excludes halogenated alkanes) is 30. The summed E-state index contributed by atoms with van der Waals surface area (Å²) in [6, 6.07) is 0. The molecular formula is C36H75P. The summed E-state index contributed by atoms with van der Waals surface area (Å²) in [7, 11) is 1.25. The topological polar surface area (TPSA) is 0 Å². The highest BCUT2D eigenvalue weighted by Gasteiger charge is 1.97. The second-order valence-corrected chi connectivity index (χ2v) is 13.9. The Hall–Kier alpha value is 0.430. The van der Waals surface area contributed by atoms with Crippen LogP contribution in [0.4, 0.5) is 0 Å². The van der Waals surface area contributed by atoms with Crippen LogP contribution in [0.1, 0.15) is 219 Å². The Labute approximate surface area is 239 Å². The first-order valence-corrected chi connectivity index (χ1v) is 19.5. The molecule has 0 aliphatic rings. The van der Waals surface area contributed by atoms with Crippen molar-refractivity contribution in [3.8, 4) is 0 Å². The molecule has 37 heavy (non-hydrogen) atoms. The van der Waals surface area contributed by atoms with Gasteiger partial charge in [-0.15, -0.1) is 8.58 Å². The molecule has 0 rings (SSSR count). The molecule has 0 saturated carbocycles. The molecule has 0 unspecified atom stereocenters. The average Bonchev–Trinajstić information content (AvgIpc) is 2.91. The predicted molar refractivity (Wildman–Crippen MR) is 177 cm³/mol. The highest BCUT2D eigenvalue weighted by Crippen LogP contribution is 2.19. The first kappa shape index (κ1) is 37.4. The van der Waals surface area contributed by atoms with Gasteiger partial charge in [-0.3, -0.25) is 0 Å². The molecule has 0 aliphatic carbocycles. The SMILES string of the molecule is CCCCCCCCCCCCCCCCCCPCCCCCCCCCCCCCCCCCC. The third-order valence-corrected chi connectivity index (χ3v) is 9.83. The maximum absolute atomic E-state index is 2.31. The summed E-state index contributed by atoms with van der Waals surface area (Å²) < 4.78 is 0. The van der Waals surface area contributed by atoms with E-state index in [1.807, 2.05) is 0 Å². The van der Waals surface area contributed by atoms with Crippen LogP contribution in [0.2, 0.25) is 0 Å². The van der Waals surface area contributed by atoms with Crippen LogP contribution < -0.4 is 0 Å². The molecule has 0 bridgehead atoms. The molecule has 0 amide bonds. The Morgan fingerprint density at radius 2 is 0.378 bits per heavy atom. The van der Waals surface area contributed by atoms with Gasteiger partial charge in [0.05, 0.1) is 0 Å². The van der Waals surface area contributed by atoms with E-state index in [1.54, 1.807) is 0 Å². The zero-order valence-electron chi connectivity index (χ0n) is 26.5. The third kappa shape index (κ3) is 36.4. The van der Waals surface area contributed by atoms with E-state index in [1.165, 1.54) is 226 Å². The molecule has 0 nitrogen and oxygen atoms in total. The van der Waals surface area contributed by atoms with E-state index >= 15 is 0 Å². The van der Waals surface area contributed by atoms with Crippen molar-refractivity contribution in [1.82, 2.24) is 0 Å². The van der Waals surface area contributed by atoms with Gasteiger partial charge in [0.2, 0.25) is 0 Å². The quantitative estimate of drug-likeness (QED) is 0.0564. The second-order valence-electron chi connectivity index (χ2n) is 12.4. The molecule has 0 heterocycles. The molecular weight excluding hydrogens is 463 g/mol. The van der Waals surface area contributed by atoms with E-state index in [0.717, 1.165) is 0 Å². The van der Waals surface area contributed by atoms with Gasteiger partial charge < -0.3 is 0 Å².